The molecule has 2 aromatic carbocycles. The van der Waals surface area contributed by atoms with Crippen LogP contribution < -0.4 is 9.80 Å². The number of anilines is 2. The average molecular weight is 599 g/mol. The Morgan fingerprint density at radius 1 is 1.22 bits per heavy atom. The van der Waals surface area contributed by atoms with Gasteiger partial charge in [0, 0.05) is 54.0 Å². The highest BCUT2D eigenvalue weighted by Gasteiger charge is 2.36. The van der Waals surface area contributed by atoms with Crippen LogP contribution in [0.1, 0.15) is 38.4 Å². The predicted molar refractivity (Wildman–Crippen MR) is 157 cm³/mol. The van der Waals surface area contributed by atoms with Gasteiger partial charge < -0.3 is 24.0 Å². The van der Waals surface area contributed by atoms with E-state index < -0.39 is 34.7 Å². The van der Waals surface area contributed by atoms with Crippen molar-refractivity contribution in [2.24, 2.45) is 0 Å². The summed E-state index contributed by atoms with van der Waals surface area (Å²) < 4.78 is 32.6. The number of hydrogen-bond donors (Lipinski definition) is 0. The van der Waals surface area contributed by atoms with Gasteiger partial charge in [-0.05, 0) is 44.7 Å². The van der Waals surface area contributed by atoms with Gasteiger partial charge in [0.25, 0.3) is 0 Å². The normalized spacial score (nSPS) is 18.2. The van der Waals surface area contributed by atoms with E-state index in [0.29, 0.717) is 50.3 Å². The molecule has 0 spiro atoms. The summed E-state index contributed by atoms with van der Waals surface area (Å²) in [6.45, 7) is 7.67. The molecule has 1 saturated heterocycles. The fourth-order valence-corrected chi connectivity index (χ4v) is 6.15. The fraction of sp³-hybridized carbons (Fsp3) is 0.448. The molecule has 1 amide bonds. The van der Waals surface area contributed by atoms with Crippen LogP contribution in [0.3, 0.4) is 0 Å². The third kappa shape index (κ3) is 6.01. The molecule has 1 fully saturated rings. The Morgan fingerprint density at radius 2 is 2.00 bits per heavy atom. The van der Waals surface area contributed by atoms with Crippen LogP contribution in [0.15, 0.2) is 35.5 Å². The molecule has 0 N–H and O–H groups in total. The van der Waals surface area contributed by atoms with Crippen molar-refractivity contribution in [3.8, 4) is 6.07 Å². The number of carbonyl (C=O) groups excluding carboxylic acids is 1. The molecule has 2 aliphatic rings. The van der Waals surface area contributed by atoms with E-state index in [1.807, 2.05) is 39.0 Å². The second kappa shape index (κ2) is 11.5. The molecular weight excluding hydrogens is 567 g/mol. The number of nitriles is 1. The lowest BCUT2D eigenvalue weighted by Crippen LogP contribution is -2.56. The van der Waals surface area contributed by atoms with E-state index in [1.165, 1.54) is 12.3 Å². The lowest BCUT2D eigenvalue weighted by Gasteiger charge is -2.42. The van der Waals surface area contributed by atoms with E-state index in [4.69, 9.17) is 21.3 Å². The second-order valence-corrected chi connectivity index (χ2v) is 12.9. The van der Waals surface area contributed by atoms with Gasteiger partial charge in [0.1, 0.15) is 23.5 Å². The van der Waals surface area contributed by atoms with Gasteiger partial charge in [-0.2, -0.15) is 15.2 Å². The summed E-state index contributed by atoms with van der Waals surface area (Å²) in [6, 6.07) is 10.6. The average Bonchev–Trinajstić information content (AvgIpc) is 2.93. The third-order valence-corrected chi connectivity index (χ3v) is 8.34. The number of hydrogen-bond acceptors (Lipinski definition) is 8. The number of piperazine rings is 1. The number of amides is 1. The predicted octanol–water partition coefficient (Wildman–Crippen LogP) is 5.06. The monoisotopic (exact) mass is 598 g/mol. The Hall–Kier alpha value is -3.33. The van der Waals surface area contributed by atoms with Gasteiger partial charge in [0.05, 0.1) is 35.8 Å². The van der Waals surface area contributed by atoms with Gasteiger partial charge in [-0.25, -0.2) is 9.18 Å². The van der Waals surface area contributed by atoms with Crippen molar-refractivity contribution in [2.45, 2.75) is 57.0 Å². The molecule has 1 aromatic heterocycles. The van der Waals surface area contributed by atoms with Crippen LogP contribution in [0.2, 0.25) is 5.02 Å². The Kier molecular flexibility index (Phi) is 8.19. The molecule has 0 radical (unpaired) electrons. The Labute approximate surface area is 247 Å². The highest BCUT2D eigenvalue weighted by Crippen LogP contribution is 2.38. The minimum absolute atomic E-state index is 0.0778. The molecule has 216 valence electrons. The van der Waals surface area contributed by atoms with Gasteiger partial charge in [0.2, 0.25) is 0 Å². The van der Waals surface area contributed by atoms with Crippen molar-refractivity contribution in [3.63, 3.8) is 0 Å². The van der Waals surface area contributed by atoms with Crippen molar-refractivity contribution >= 4 is 51.1 Å². The number of fused-ring (bicyclic) bond motifs is 2. The molecule has 12 heteroatoms. The zero-order valence-corrected chi connectivity index (χ0v) is 25.1. The summed E-state index contributed by atoms with van der Waals surface area (Å²) in [6.07, 6.45) is 1.83. The van der Waals surface area contributed by atoms with Crippen molar-refractivity contribution in [1.29, 1.82) is 5.26 Å². The number of nitrogens with zero attached hydrogens (tertiary/aromatic N) is 6. The summed E-state index contributed by atoms with van der Waals surface area (Å²) in [7, 11) is 0. The number of benzene rings is 2. The molecule has 5 rings (SSSR count). The van der Waals surface area contributed by atoms with Crippen LogP contribution in [0.25, 0.3) is 10.8 Å². The number of rotatable bonds is 4. The first kappa shape index (κ1) is 29.2. The minimum Gasteiger partial charge on any atom is -0.609 e. The molecule has 1 unspecified atom stereocenters. The largest absolute Gasteiger partial charge is 0.609 e. The molecule has 2 aliphatic heterocycles. The van der Waals surface area contributed by atoms with Crippen molar-refractivity contribution in [1.82, 2.24) is 14.9 Å². The van der Waals surface area contributed by atoms with E-state index in [9.17, 15) is 19.0 Å². The molecule has 9 nitrogen and oxygen atoms in total. The molecule has 3 aromatic rings. The van der Waals surface area contributed by atoms with Crippen LogP contribution in [0.4, 0.5) is 20.7 Å². The maximum atomic E-state index is 14.4. The van der Waals surface area contributed by atoms with Gasteiger partial charge in [0.15, 0.2) is 0 Å². The SMILES string of the molecule is C[S+]([O-])c1nc2c(c(N3CCN(C(=O)OC(C)(C)C)[C@@H](CC#N)C3)n1)CCN(c1cccc3ccc(F)c(Cl)c13)C2. The van der Waals surface area contributed by atoms with Crippen LogP contribution >= 0.6 is 11.6 Å². The van der Waals surface area contributed by atoms with E-state index in [2.05, 4.69) is 20.9 Å². The summed E-state index contributed by atoms with van der Waals surface area (Å²) in [5.74, 6) is 0.198. The third-order valence-electron chi connectivity index (χ3n) is 7.27. The minimum atomic E-state index is -1.44. The number of ether oxygens (including phenoxy) is 1. The maximum absolute atomic E-state index is 14.4. The van der Waals surface area contributed by atoms with E-state index >= 15 is 0 Å². The smallest absolute Gasteiger partial charge is 0.410 e. The standard InChI is InChI=1S/C29H32ClFN6O3S/c1-29(2,3)40-28(38)37-15-14-36(16-19(37)10-12-32)26-20-11-13-35(17-22(20)33-27(34-26)41(4)39)23-7-5-6-18-8-9-21(31)25(30)24(18)23/h5-9,19H,10-11,13-17H2,1-4H3/t19-,41?/m0/s1. The van der Waals surface area contributed by atoms with Gasteiger partial charge >= 0.3 is 11.2 Å². The molecule has 2 atom stereocenters. The number of halogens is 2. The van der Waals surface area contributed by atoms with E-state index in [1.54, 1.807) is 11.0 Å². The summed E-state index contributed by atoms with van der Waals surface area (Å²) in [5.41, 5.74) is 1.83. The van der Waals surface area contributed by atoms with E-state index in [0.717, 1.165) is 22.3 Å². The highest BCUT2D eigenvalue weighted by molar-refractivity contribution is 7.90. The first-order chi connectivity index (χ1) is 19.5. The quantitative estimate of drug-likeness (QED) is 0.303. The fourth-order valence-electron chi connectivity index (χ4n) is 5.43. The molecule has 0 aliphatic carbocycles. The highest BCUT2D eigenvalue weighted by atomic mass is 35.5. The van der Waals surface area contributed by atoms with Crippen molar-refractivity contribution < 1.29 is 18.5 Å². The Morgan fingerprint density at radius 3 is 2.71 bits per heavy atom. The Balaban J connectivity index is 1.48. The first-order valence-corrected chi connectivity index (χ1v) is 15.4. The zero-order valence-electron chi connectivity index (χ0n) is 23.5. The molecule has 41 heavy (non-hydrogen) atoms. The molecule has 0 bridgehead atoms. The van der Waals surface area contributed by atoms with Crippen LogP contribution in [-0.4, -0.2) is 69.6 Å². The topological polar surface area (TPSA) is 109 Å². The molecule has 0 saturated carbocycles. The second-order valence-electron chi connectivity index (χ2n) is 11.3. The van der Waals surface area contributed by atoms with Crippen molar-refractivity contribution in [3.05, 3.63) is 52.4 Å². The lowest BCUT2D eigenvalue weighted by molar-refractivity contribution is 0.0144. The number of aromatic nitrogens is 2. The number of carbonyl (C=O) groups is 1. The summed E-state index contributed by atoms with van der Waals surface area (Å²) >= 11 is 4.98. The maximum Gasteiger partial charge on any atom is 0.410 e. The Bertz CT molecular complexity index is 1530. The van der Waals surface area contributed by atoms with Crippen LogP contribution in [-0.2, 0) is 28.9 Å². The first-order valence-electron chi connectivity index (χ1n) is 13.4. The summed E-state index contributed by atoms with van der Waals surface area (Å²) in [4.78, 5) is 28.1. The zero-order chi connectivity index (χ0) is 29.5. The lowest BCUT2D eigenvalue weighted by atomic mass is 10.0. The van der Waals surface area contributed by atoms with E-state index in [-0.39, 0.29) is 16.6 Å². The summed E-state index contributed by atoms with van der Waals surface area (Å²) in [5, 5.41) is 11.3. The van der Waals surface area contributed by atoms with Gasteiger partial charge in [-0.15, -0.1) is 0 Å². The van der Waals surface area contributed by atoms with Gasteiger partial charge in [-0.3, -0.25) is 0 Å². The van der Waals surface area contributed by atoms with Crippen LogP contribution in [0.5, 0.6) is 0 Å². The van der Waals surface area contributed by atoms with Gasteiger partial charge in [-0.1, -0.05) is 29.8 Å². The molecular formula is C29H32ClFN6O3S. The van der Waals surface area contributed by atoms with Crippen LogP contribution in [0, 0.1) is 17.1 Å². The molecule has 3 heterocycles. The van der Waals surface area contributed by atoms with Crippen molar-refractivity contribution in [2.75, 3.05) is 42.2 Å².